The number of amides is 1. The van der Waals surface area contributed by atoms with Gasteiger partial charge in [0.25, 0.3) is 5.91 Å². The number of carbonyl (C=O) groups is 1. The number of carbonyl (C=O) groups excluding carboxylic acids is 1. The molecule has 3 saturated heterocycles. The van der Waals surface area contributed by atoms with Gasteiger partial charge in [-0.05, 0) is 61.6 Å². The van der Waals surface area contributed by atoms with Crippen LogP contribution in [0.4, 0.5) is 5.69 Å². The Kier molecular flexibility index (Phi) is 7.72. The van der Waals surface area contributed by atoms with Crippen molar-refractivity contribution in [3.8, 4) is 17.2 Å². The zero-order valence-corrected chi connectivity index (χ0v) is 22.4. The van der Waals surface area contributed by atoms with Crippen LogP contribution in [0.1, 0.15) is 37.2 Å². The first-order valence-electron chi connectivity index (χ1n) is 14.2. The normalized spacial score (nSPS) is 24.7. The Balaban J connectivity index is 1.00. The molecule has 2 atom stereocenters. The minimum atomic E-state index is -0.464. The van der Waals surface area contributed by atoms with Crippen molar-refractivity contribution in [2.24, 2.45) is 0 Å². The number of nitrogens with one attached hydrogen (secondary N) is 1. The predicted molar refractivity (Wildman–Crippen MR) is 148 cm³/mol. The largest absolute Gasteiger partial charge is 0.493 e. The first-order valence-corrected chi connectivity index (χ1v) is 14.2. The molecular weight excluding hydrogens is 480 g/mol. The van der Waals surface area contributed by atoms with E-state index in [1.807, 2.05) is 30.3 Å². The van der Waals surface area contributed by atoms with E-state index < -0.39 is 6.10 Å². The van der Waals surface area contributed by atoms with Gasteiger partial charge in [-0.15, -0.1) is 0 Å². The lowest BCUT2D eigenvalue weighted by Crippen LogP contribution is -2.49. The van der Waals surface area contributed by atoms with Gasteiger partial charge in [-0.2, -0.15) is 0 Å². The second kappa shape index (κ2) is 11.5. The van der Waals surface area contributed by atoms with Gasteiger partial charge in [-0.1, -0.05) is 12.1 Å². The van der Waals surface area contributed by atoms with Gasteiger partial charge in [0.05, 0.1) is 7.11 Å². The molecule has 0 radical (unpaired) electrons. The molecule has 1 amide bonds. The summed E-state index contributed by atoms with van der Waals surface area (Å²) >= 11 is 0. The van der Waals surface area contributed by atoms with Crippen molar-refractivity contribution >= 4 is 11.6 Å². The maximum Gasteiger partial charge on any atom is 0.268 e. The Labute approximate surface area is 225 Å². The maximum atomic E-state index is 13.2. The van der Waals surface area contributed by atoms with Gasteiger partial charge in [0, 0.05) is 70.0 Å². The molecule has 2 aromatic rings. The van der Waals surface area contributed by atoms with Crippen LogP contribution in [0.5, 0.6) is 17.2 Å². The van der Waals surface area contributed by atoms with Gasteiger partial charge in [0.2, 0.25) is 0 Å². The number of ether oxygens (including phenoxy) is 3. The summed E-state index contributed by atoms with van der Waals surface area (Å²) in [7, 11) is 1.65. The fraction of sp³-hybridized carbons (Fsp3) is 0.567. The van der Waals surface area contributed by atoms with Crippen molar-refractivity contribution < 1.29 is 19.0 Å². The fourth-order valence-corrected chi connectivity index (χ4v) is 6.01. The van der Waals surface area contributed by atoms with E-state index in [1.54, 1.807) is 12.0 Å². The molecule has 1 N–H and O–H groups in total. The van der Waals surface area contributed by atoms with Crippen LogP contribution < -0.4 is 24.4 Å². The summed E-state index contributed by atoms with van der Waals surface area (Å²) in [5.41, 5.74) is 2.18. The number of benzene rings is 2. The third-order valence-corrected chi connectivity index (χ3v) is 8.40. The number of methoxy groups -OCH3 is 1. The number of hydrogen-bond acceptors (Lipinski definition) is 7. The fourth-order valence-electron chi connectivity index (χ4n) is 6.01. The monoisotopic (exact) mass is 520 g/mol. The molecule has 8 nitrogen and oxygen atoms in total. The molecule has 3 heterocycles. The number of piperazine rings is 1. The van der Waals surface area contributed by atoms with Gasteiger partial charge in [-0.25, -0.2) is 0 Å². The van der Waals surface area contributed by atoms with E-state index in [9.17, 15) is 4.79 Å². The lowest BCUT2D eigenvalue weighted by molar-refractivity contribution is -0.122. The molecule has 2 aromatic carbocycles. The van der Waals surface area contributed by atoms with Gasteiger partial charge in [-0.3, -0.25) is 14.6 Å². The molecule has 4 aliphatic rings. The van der Waals surface area contributed by atoms with Gasteiger partial charge in [0.1, 0.15) is 12.4 Å². The minimum Gasteiger partial charge on any atom is -0.493 e. The molecule has 204 valence electrons. The van der Waals surface area contributed by atoms with Crippen molar-refractivity contribution in [1.29, 1.82) is 0 Å². The second-order valence-electron chi connectivity index (χ2n) is 10.9. The standard InChI is InChI=1S/C30H40N4O4/c1-36-29-20-24(34-15-11-28(30(34)35)38-26-7-4-23(5-8-26)22-2-3-22)6-9-27(29)37-19-18-32-14-10-25(21-32)33-16-12-31-13-17-33/h4-9,20,22,25,28,31H,2-3,10-19,21H2,1H3/t25?,28-/m0/s1. The topological polar surface area (TPSA) is 66.5 Å². The Morgan fingerprint density at radius 3 is 2.50 bits per heavy atom. The highest BCUT2D eigenvalue weighted by atomic mass is 16.5. The van der Waals surface area contributed by atoms with Crippen LogP contribution in [-0.2, 0) is 4.79 Å². The van der Waals surface area contributed by atoms with Crippen LogP contribution >= 0.6 is 0 Å². The maximum absolute atomic E-state index is 13.2. The highest BCUT2D eigenvalue weighted by Crippen LogP contribution is 2.40. The Hall–Kier alpha value is -2.81. The highest BCUT2D eigenvalue weighted by molar-refractivity contribution is 5.99. The molecule has 1 aliphatic carbocycles. The van der Waals surface area contributed by atoms with Crippen molar-refractivity contribution in [3.05, 3.63) is 48.0 Å². The van der Waals surface area contributed by atoms with Crippen molar-refractivity contribution in [1.82, 2.24) is 15.1 Å². The smallest absolute Gasteiger partial charge is 0.268 e. The molecule has 0 bridgehead atoms. The summed E-state index contributed by atoms with van der Waals surface area (Å²) in [6.07, 6.45) is 3.99. The summed E-state index contributed by atoms with van der Waals surface area (Å²) < 4.78 is 17.8. The van der Waals surface area contributed by atoms with Gasteiger partial charge in [0.15, 0.2) is 17.6 Å². The molecule has 4 fully saturated rings. The molecule has 3 aliphatic heterocycles. The molecule has 8 heteroatoms. The Morgan fingerprint density at radius 2 is 1.74 bits per heavy atom. The zero-order chi connectivity index (χ0) is 25.9. The minimum absolute atomic E-state index is 0.0138. The van der Waals surface area contributed by atoms with Crippen LogP contribution in [0.15, 0.2) is 42.5 Å². The van der Waals surface area contributed by atoms with Gasteiger partial charge < -0.3 is 24.4 Å². The van der Waals surface area contributed by atoms with Crippen LogP contribution in [0.2, 0.25) is 0 Å². The van der Waals surface area contributed by atoms with Crippen LogP contribution in [0, 0.1) is 0 Å². The summed E-state index contributed by atoms with van der Waals surface area (Å²) in [6.45, 7) is 8.87. The number of likely N-dealkylation sites (tertiary alicyclic amines) is 1. The van der Waals surface area contributed by atoms with Gasteiger partial charge >= 0.3 is 0 Å². The van der Waals surface area contributed by atoms with E-state index in [0.29, 0.717) is 43.0 Å². The number of anilines is 1. The zero-order valence-electron chi connectivity index (χ0n) is 22.4. The van der Waals surface area contributed by atoms with Crippen molar-refractivity contribution in [3.63, 3.8) is 0 Å². The van der Waals surface area contributed by atoms with E-state index in [4.69, 9.17) is 14.2 Å². The average molecular weight is 521 g/mol. The van der Waals surface area contributed by atoms with E-state index >= 15 is 0 Å². The van der Waals surface area contributed by atoms with Crippen molar-refractivity contribution in [2.45, 2.75) is 43.7 Å². The average Bonchev–Trinajstić information content (AvgIpc) is 3.60. The summed E-state index contributed by atoms with van der Waals surface area (Å²) in [5, 5.41) is 3.44. The third-order valence-electron chi connectivity index (χ3n) is 8.40. The lowest BCUT2D eigenvalue weighted by atomic mass is 10.1. The SMILES string of the molecule is COc1cc(N2CC[C@H](Oc3ccc(C4CC4)cc3)C2=O)ccc1OCCN1CCC(N2CCNCC2)C1. The second-order valence-corrected chi connectivity index (χ2v) is 10.9. The molecular formula is C30H40N4O4. The van der Waals surface area contributed by atoms with E-state index in [-0.39, 0.29) is 5.91 Å². The number of hydrogen-bond donors (Lipinski definition) is 1. The molecule has 0 spiro atoms. The number of nitrogens with zero attached hydrogens (tertiary/aromatic N) is 3. The Morgan fingerprint density at radius 1 is 0.921 bits per heavy atom. The molecule has 38 heavy (non-hydrogen) atoms. The molecule has 1 unspecified atom stereocenters. The lowest BCUT2D eigenvalue weighted by Gasteiger charge is -2.32. The number of rotatable bonds is 10. The molecule has 1 saturated carbocycles. The quantitative estimate of drug-likeness (QED) is 0.516. The summed E-state index contributed by atoms with van der Waals surface area (Å²) in [5.74, 6) is 2.82. The van der Waals surface area contributed by atoms with Crippen molar-refractivity contribution in [2.75, 3.05) is 71.0 Å². The van der Waals surface area contributed by atoms with Crippen LogP contribution in [-0.4, -0.2) is 93.9 Å². The third kappa shape index (κ3) is 5.77. The summed E-state index contributed by atoms with van der Waals surface area (Å²) in [6, 6.07) is 14.7. The van der Waals surface area contributed by atoms with E-state index in [0.717, 1.165) is 57.3 Å². The Bertz CT molecular complexity index is 1100. The highest BCUT2D eigenvalue weighted by Gasteiger charge is 2.35. The molecule has 6 rings (SSSR count). The molecule has 0 aromatic heterocycles. The van der Waals surface area contributed by atoms with Crippen LogP contribution in [0.3, 0.4) is 0 Å². The summed E-state index contributed by atoms with van der Waals surface area (Å²) in [4.78, 5) is 20.1. The first kappa shape index (κ1) is 25.5. The van der Waals surface area contributed by atoms with E-state index in [2.05, 4.69) is 27.2 Å². The first-order chi connectivity index (χ1) is 18.7. The predicted octanol–water partition coefficient (Wildman–Crippen LogP) is 3.12. The van der Waals surface area contributed by atoms with Crippen LogP contribution in [0.25, 0.3) is 0 Å². The van der Waals surface area contributed by atoms with E-state index in [1.165, 1.54) is 24.8 Å².